The van der Waals surface area contributed by atoms with Crippen LogP contribution in [0, 0.1) is 0 Å². The highest BCUT2D eigenvalue weighted by atomic mass is 14.9. The van der Waals surface area contributed by atoms with Crippen molar-refractivity contribution in [3.8, 4) is 0 Å². The number of hydrogen-bond donors (Lipinski definition) is 0. The first-order valence-electron chi connectivity index (χ1n) is 4.52. The molecule has 1 aromatic rings. The summed E-state index contributed by atoms with van der Waals surface area (Å²) in [4.78, 5) is 8.47. The van der Waals surface area contributed by atoms with Crippen LogP contribution in [0.25, 0.3) is 5.57 Å². The van der Waals surface area contributed by atoms with Gasteiger partial charge in [0.25, 0.3) is 0 Å². The first-order valence-corrected chi connectivity index (χ1v) is 4.52. The van der Waals surface area contributed by atoms with E-state index in [1.54, 1.807) is 12.4 Å². The van der Waals surface area contributed by atoms with Crippen LogP contribution in [0.4, 0.5) is 0 Å². The van der Waals surface area contributed by atoms with Crippen molar-refractivity contribution in [2.75, 3.05) is 0 Å². The van der Waals surface area contributed by atoms with Gasteiger partial charge in [0.15, 0.2) is 5.82 Å². The maximum atomic E-state index is 4.23. The van der Waals surface area contributed by atoms with Crippen LogP contribution >= 0.6 is 0 Å². The number of rotatable bonds is 1. The monoisotopic (exact) mass is 172 g/mol. The molecule has 0 unspecified atom stereocenters. The van der Waals surface area contributed by atoms with Gasteiger partial charge < -0.3 is 0 Å². The van der Waals surface area contributed by atoms with Crippen molar-refractivity contribution in [3.63, 3.8) is 0 Å². The molecule has 0 atom stereocenters. The Bertz CT molecular complexity index is 350. The van der Waals surface area contributed by atoms with Crippen molar-refractivity contribution < 1.29 is 0 Å². The third kappa shape index (κ3) is 1.66. The van der Waals surface area contributed by atoms with Crippen LogP contribution in [-0.2, 0) is 0 Å². The van der Waals surface area contributed by atoms with Crippen LogP contribution in [0.15, 0.2) is 36.2 Å². The van der Waals surface area contributed by atoms with Gasteiger partial charge in [-0.15, -0.1) is 0 Å². The molecule has 1 heterocycles. The molecule has 2 heteroatoms. The first-order chi connectivity index (χ1) is 6.38. The summed E-state index contributed by atoms with van der Waals surface area (Å²) in [6, 6.07) is 1.84. The molecule has 0 radical (unpaired) electrons. The fourth-order valence-electron chi connectivity index (χ4n) is 1.50. The fourth-order valence-corrected chi connectivity index (χ4v) is 1.50. The number of aromatic nitrogens is 2. The highest BCUT2D eigenvalue weighted by Crippen LogP contribution is 2.24. The predicted molar refractivity (Wildman–Crippen MR) is 53.0 cm³/mol. The molecule has 13 heavy (non-hydrogen) atoms. The van der Waals surface area contributed by atoms with Gasteiger partial charge in [0.05, 0.1) is 0 Å². The van der Waals surface area contributed by atoms with Gasteiger partial charge in [-0.3, -0.25) is 0 Å². The molecule has 1 aromatic heterocycles. The average molecular weight is 172 g/mol. The number of hydrogen-bond acceptors (Lipinski definition) is 2. The standard InChI is InChI=1S/C11H12N2/c1-9-5-2-3-6-10(9)11-12-7-4-8-13-11/h4-8H,2-3H2,1H3. The molecule has 2 nitrogen and oxygen atoms in total. The summed E-state index contributed by atoms with van der Waals surface area (Å²) in [6.45, 7) is 2.11. The lowest BCUT2D eigenvalue weighted by Gasteiger charge is -2.10. The van der Waals surface area contributed by atoms with E-state index in [1.165, 1.54) is 11.1 Å². The molecule has 1 aliphatic rings. The van der Waals surface area contributed by atoms with Gasteiger partial charge in [-0.25, -0.2) is 9.97 Å². The smallest absolute Gasteiger partial charge is 0.159 e. The maximum Gasteiger partial charge on any atom is 0.159 e. The SMILES string of the molecule is CC1=CCCC=C1c1ncccn1. The van der Waals surface area contributed by atoms with Gasteiger partial charge in [0, 0.05) is 18.0 Å². The van der Waals surface area contributed by atoms with E-state index in [-0.39, 0.29) is 0 Å². The molecule has 0 aromatic carbocycles. The zero-order chi connectivity index (χ0) is 9.10. The second kappa shape index (κ2) is 3.52. The lowest BCUT2D eigenvalue weighted by atomic mass is 9.99. The summed E-state index contributed by atoms with van der Waals surface area (Å²) in [5.74, 6) is 0.843. The Kier molecular flexibility index (Phi) is 2.21. The summed E-state index contributed by atoms with van der Waals surface area (Å²) < 4.78 is 0. The van der Waals surface area contributed by atoms with E-state index < -0.39 is 0 Å². The molecule has 1 aliphatic carbocycles. The molecular weight excluding hydrogens is 160 g/mol. The molecule has 66 valence electrons. The van der Waals surface area contributed by atoms with Gasteiger partial charge in [0.1, 0.15) is 0 Å². The third-order valence-corrected chi connectivity index (χ3v) is 2.20. The Balaban J connectivity index is 2.37. The van der Waals surface area contributed by atoms with Crippen LogP contribution in [0.2, 0.25) is 0 Å². The molecule has 0 fully saturated rings. The Labute approximate surface area is 78.0 Å². The van der Waals surface area contributed by atoms with Crippen LogP contribution in [0.3, 0.4) is 0 Å². The highest BCUT2D eigenvalue weighted by molar-refractivity contribution is 5.75. The second-order valence-electron chi connectivity index (χ2n) is 3.15. The largest absolute Gasteiger partial charge is 0.237 e. The molecule has 0 saturated heterocycles. The fraction of sp³-hybridized carbons (Fsp3) is 0.273. The molecule has 0 amide bonds. The van der Waals surface area contributed by atoms with Gasteiger partial charge in [-0.2, -0.15) is 0 Å². The topological polar surface area (TPSA) is 25.8 Å². The summed E-state index contributed by atoms with van der Waals surface area (Å²) in [5.41, 5.74) is 2.48. The molecule has 0 aliphatic heterocycles. The van der Waals surface area contributed by atoms with Crippen molar-refractivity contribution in [3.05, 3.63) is 42.0 Å². The van der Waals surface area contributed by atoms with E-state index in [0.29, 0.717) is 0 Å². The van der Waals surface area contributed by atoms with Crippen molar-refractivity contribution in [1.29, 1.82) is 0 Å². The minimum atomic E-state index is 0.843. The van der Waals surface area contributed by atoms with Crippen LogP contribution in [0.1, 0.15) is 25.6 Å². The minimum Gasteiger partial charge on any atom is -0.237 e. The van der Waals surface area contributed by atoms with Gasteiger partial charge >= 0.3 is 0 Å². The maximum absolute atomic E-state index is 4.23. The van der Waals surface area contributed by atoms with Crippen LogP contribution < -0.4 is 0 Å². The first kappa shape index (κ1) is 8.17. The molecule has 0 spiro atoms. The summed E-state index contributed by atoms with van der Waals surface area (Å²) in [6.07, 6.45) is 10.3. The third-order valence-electron chi connectivity index (χ3n) is 2.20. The Morgan fingerprint density at radius 2 is 1.77 bits per heavy atom. The van der Waals surface area contributed by atoms with E-state index in [2.05, 4.69) is 29.0 Å². The quantitative estimate of drug-likeness (QED) is 0.650. The van der Waals surface area contributed by atoms with Crippen molar-refractivity contribution >= 4 is 5.57 Å². The molecule has 0 bridgehead atoms. The van der Waals surface area contributed by atoms with E-state index in [4.69, 9.17) is 0 Å². The van der Waals surface area contributed by atoms with Gasteiger partial charge in [-0.05, 0) is 31.4 Å². The summed E-state index contributed by atoms with van der Waals surface area (Å²) in [5, 5.41) is 0. The van der Waals surface area contributed by atoms with E-state index in [0.717, 1.165) is 18.7 Å². The van der Waals surface area contributed by atoms with E-state index in [1.807, 2.05) is 6.07 Å². The highest BCUT2D eigenvalue weighted by Gasteiger charge is 2.08. The summed E-state index contributed by atoms with van der Waals surface area (Å²) >= 11 is 0. The number of nitrogens with zero attached hydrogens (tertiary/aromatic N) is 2. The van der Waals surface area contributed by atoms with Crippen molar-refractivity contribution in [2.24, 2.45) is 0 Å². The Morgan fingerprint density at radius 3 is 2.46 bits per heavy atom. The van der Waals surface area contributed by atoms with Gasteiger partial charge in [-0.1, -0.05) is 12.2 Å². The number of allylic oxidation sites excluding steroid dienone is 4. The zero-order valence-corrected chi connectivity index (χ0v) is 7.70. The van der Waals surface area contributed by atoms with Crippen LogP contribution in [0.5, 0.6) is 0 Å². The predicted octanol–water partition coefficient (Wildman–Crippen LogP) is 2.60. The van der Waals surface area contributed by atoms with Crippen molar-refractivity contribution in [2.45, 2.75) is 19.8 Å². The average Bonchev–Trinajstić information content (AvgIpc) is 2.20. The molecular formula is C11H12N2. The molecule has 0 N–H and O–H groups in total. The van der Waals surface area contributed by atoms with E-state index >= 15 is 0 Å². The Hall–Kier alpha value is -1.44. The lowest BCUT2D eigenvalue weighted by Crippen LogP contribution is -1.96. The normalized spacial score (nSPS) is 16.4. The molecule has 2 rings (SSSR count). The van der Waals surface area contributed by atoms with Crippen molar-refractivity contribution in [1.82, 2.24) is 9.97 Å². The summed E-state index contributed by atoms with van der Waals surface area (Å²) in [7, 11) is 0. The molecule has 0 saturated carbocycles. The second-order valence-corrected chi connectivity index (χ2v) is 3.15. The zero-order valence-electron chi connectivity index (χ0n) is 7.70. The van der Waals surface area contributed by atoms with E-state index in [9.17, 15) is 0 Å². The van der Waals surface area contributed by atoms with Crippen LogP contribution in [-0.4, -0.2) is 9.97 Å². The Morgan fingerprint density at radius 1 is 1.08 bits per heavy atom. The minimum absolute atomic E-state index is 0.843. The van der Waals surface area contributed by atoms with Gasteiger partial charge in [0.2, 0.25) is 0 Å². The lowest BCUT2D eigenvalue weighted by molar-refractivity contribution is 1.01.